The summed E-state index contributed by atoms with van der Waals surface area (Å²) in [5, 5.41) is 0. The Morgan fingerprint density at radius 2 is 1.69 bits per heavy atom. The number of carbonyl (C=O) groups excluding carboxylic acids is 1. The van der Waals surface area contributed by atoms with E-state index < -0.39 is 10.0 Å². The zero-order chi connectivity index (χ0) is 19.5. The number of benzene rings is 1. The molecule has 0 N–H and O–H groups in total. The molecule has 146 valence electrons. The van der Waals surface area contributed by atoms with Gasteiger partial charge in [-0.3, -0.25) is 9.10 Å². The number of amides is 1. The number of nitrogens with zero attached hydrogens (tertiary/aromatic N) is 3. The predicted octanol–water partition coefficient (Wildman–Crippen LogP) is 1.91. The molecule has 1 aliphatic heterocycles. The number of hydrogen-bond acceptors (Lipinski definition) is 4. The first kappa shape index (κ1) is 20.7. The molecule has 0 aromatic heterocycles. The van der Waals surface area contributed by atoms with Crippen molar-refractivity contribution in [2.75, 3.05) is 49.8 Å². The van der Waals surface area contributed by atoms with Gasteiger partial charge >= 0.3 is 0 Å². The molecule has 7 heteroatoms. The average molecular weight is 382 g/mol. The standard InChI is InChI=1S/C19H31N3O3S/c1-6-20-11-13-21(14-12-20)18(23)15-22(26(5,24)25)17-10-8-7-9-16(17)19(2,3)4/h7-10H,6,11-15H2,1-5H3. The maximum Gasteiger partial charge on any atom is 0.243 e. The summed E-state index contributed by atoms with van der Waals surface area (Å²) < 4.78 is 26.2. The van der Waals surface area contributed by atoms with E-state index in [1.54, 1.807) is 11.0 Å². The molecule has 1 aliphatic rings. The summed E-state index contributed by atoms with van der Waals surface area (Å²) in [6.45, 7) is 12.0. The third-order valence-corrected chi connectivity index (χ3v) is 5.96. The molecule has 6 nitrogen and oxygen atoms in total. The average Bonchev–Trinajstić information content (AvgIpc) is 2.57. The lowest BCUT2D eigenvalue weighted by atomic mass is 9.86. The molecule has 0 radical (unpaired) electrons. The van der Waals surface area contributed by atoms with Gasteiger partial charge in [0, 0.05) is 26.2 Å². The van der Waals surface area contributed by atoms with Gasteiger partial charge in [-0.15, -0.1) is 0 Å². The number of hydrogen-bond donors (Lipinski definition) is 0. The molecular formula is C19H31N3O3S. The highest BCUT2D eigenvalue weighted by Crippen LogP contribution is 2.33. The second-order valence-corrected chi connectivity index (χ2v) is 9.76. The Hall–Kier alpha value is -1.60. The van der Waals surface area contributed by atoms with Crippen molar-refractivity contribution in [1.82, 2.24) is 9.80 Å². The van der Waals surface area contributed by atoms with E-state index in [1.807, 2.05) is 39.0 Å². The quantitative estimate of drug-likeness (QED) is 0.782. The number of likely N-dealkylation sites (N-methyl/N-ethyl adjacent to an activating group) is 1. The van der Waals surface area contributed by atoms with Crippen LogP contribution in [0.3, 0.4) is 0 Å². The smallest absolute Gasteiger partial charge is 0.243 e. The molecule has 1 fully saturated rings. The number of piperazine rings is 1. The minimum Gasteiger partial charge on any atom is -0.339 e. The summed E-state index contributed by atoms with van der Waals surface area (Å²) in [7, 11) is -3.57. The maximum atomic E-state index is 12.8. The zero-order valence-corrected chi connectivity index (χ0v) is 17.3. The molecule has 26 heavy (non-hydrogen) atoms. The Balaban J connectivity index is 2.27. The first-order chi connectivity index (χ1) is 12.0. The van der Waals surface area contributed by atoms with Gasteiger partial charge in [0.15, 0.2) is 0 Å². The van der Waals surface area contributed by atoms with Crippen molar-refractivity contribution in [2.45, 2.75) is 33.1 Å². The van der Waals surface area contributed by atoms with Gasteiger partial charge in [-0.2, -0.15) is 0 Å². The summed E-state index contributed by atoms with van der Waals surface area (Å²) in [6.07, 6.45) is 1.16. The molecule has 1 saturated heterocycles. The maximum absolute atomic E-state index is 12.8. The summed E-state index contributed by atoms with van der Waals surface area (Å²) in [5.41, 5.74) is 1.27. The second kappa shape index (κ2) is 7.96. The highest BCUT2D eigenvalue weighted by Gasteiger charge is 2.29. The molecule has 1 aromatic rings. The normalized spacial score (nSPS) is 16.6. The van der Waals surface area contributed by atoms with Crippen LogP contribution in [0.25, 0.3) is 0 Å². The van der Waals surface area contributed by atoms with Gasteiger partial charge < -0.3 is 9.80 Å². The highest BCUT2D eigenvalue weighted by atomic mass is 32.2. The van der Waals surface area contributed by atoms with E-state index in [-0.39, 0.29) is 17.9 Å². The van der Waals surface area contributed by atoms with Crippen LogP contribution >= 0.6 is 0 Å². The lowest BCUT2D eigenvalue weighted by molar-refractivity contribution is -0.131. The Labute approximate surface area is 157 Å². The van der Waals surface area contributed by atoms with E-state index in [9.17, 15) is 13.2 Å². The fourth-order valence-electron chi connectivity index (χ4n) is 3.24. The van der Waals surface area contributed by atoms with Crippen molar-refractivity contribution in [3.63, 3.8) is 0 Å². The summed E-state index contributed by atoms with van der Waals surface area (Å²) in [5.74, 6) is -0.144. The van der Waals surface area contributed by atoms with Crippen molar-refractivity contribution in [3.05, 3.63) is 29.8 Å². The Bertz CT molecular complexity index is 733. The van der Waals surface area contributed by atoms with E-state index in [0.29, 0.717) is 18.8 Å². The molecule has 1 amide bonds. The summed E-state index contributed by atoms with van der Waals surface area (Å²) >= 11 is 0. The van der Waals surface area contributed by atoms with Crippen molar-refractivity contribution in [3.8, 4) is 0 Å². The third kappa shape index (κ3) is 4.98. The van der Waals surface area contributed by atoms with Gasteiger partial charge in [0.25, 0.3) is 0 Å². The van der Waals surface area contributed by atoms with E-state index in [1.165, 1.54) is 4.31 Å². The van der Waals surface area contributed by atoms with Crippen LogP contribution in [-0.2, 0) is 20.2 Å². The Morgan fingerprint density at radius 1 is 1.12 bits per heavy atom. The number of anilines is 1. The van der Waals surface area contributed by atoms with Crippen LogP contribution in [-0.4, -0.2) is 69.6 Å². The topological polar surface area (TPSA) is 60.9 Å². The number of carbonyl (C=O) groups is 1. The lowest BCUT2D eigenvalue weighted by Crippen LogP contribution is -2.51. The van der Waals surface area contributed by atoms with Crippen molar-refractivity contribution in [1.29, 1.82) is 0 Å². The highest BCUT2D eigenvalue weighted by molar-refractivity contribution is 7.92. The van der Waals surface area contributed by atoms with E-state index in [0.717, 1.165) is 31.5 Å². The third-order valence-electron chi connectivity index (χ3n) is 4.83. The fraction of sp³-hybridized carbons (Fsp3) is 0.632. The molecule has 0 unspecified atom stereocenters. The molecule has 0 aliphatic carbocycles. The van der Waals surface area contributed by atoms with E-state index in [2.05, 4.69) is 11.8 Å². The summed E-state index contributed by atoms with van der Waals surface area (Å²) in [4.78, 5) is 16.8. The molecule has 0 spiro atoms. The molecule has 2 rings (SSSR count). The number of para-hydroxylation sites is 1. The first-order valence-electron chi connectivity index (χ1n) is 9.11. The van der Waals surface area contributed by atoms with Crippen LogP contribution in [0.2, 0.25) is 0 Å². The number of sulfonamides is 1. The molecule has 0 bridgehead atoms. The van der Waals surface area contributed by atoms with Crippen molar-refractivity contribution >= 4 is 21.6 Å². The van der Waals surface area contributed by atoms with Gasteiger partial charge in [-0.25, -0.2) is 8.42 Å². The molecule has 0 saturated carbocycles. The van der Waals surface area contributed by atoms with Crippen molar-refractivity contribution < 1.29 is 13.2 Å². The molecule has 1 aromatic carbocycles. The molecular weight excluding hydrogens is 350 g/mol. The lowest BCUT2D eigenvalue weighted by Gasteiger charge is -2.36. The van der Waals surface area contributed by atoms with Gasteiger partial charge in [-0.1, -0.05) is 45.9 Å². The van der Waals surface area contributed by atoms with Crippen LogP contribution < -0.4 is 4.31 Å². The number of rotatable bonds is 5. The van der Waals surface area contributed by atoms with Crippen LogP contribution in [0, 0.1) is 0 Å². The SMILES string of the molecule is CCN1CCN(C(=O)CN(c2ccccc2C(C)(C)C)S(C)(=O)=O)CC1. The van der Waals surface area contributed by atoms with Crippen molar-refractivity contribution in [2.24, 2.45) is 0 Å². The molecule has 1 heterocycles. The van der Waals surface area contributed by atoms with Gasteiger partial charge in [-0.05, 0) is 23.6 Å². The van der Waals surface area contributed by atoms with Gasteiger partial charge in [0.05, 0.1) is 11.9 Å². The Morgan fingerprint density at radius 3 is 2.19 bits per heavy atom. The Kier molecular flexibility index (Phi) is 6.34. The van der Waals surface area contributed by atoms with Crippen LogP contribution in [0.4, 0.5) is 5.69 Å². The zero-order valence-electron chi connectivity index (χ0n) is 16.5. The fourth-order valence-corrected chi connectivity index (χ4v) is 4.10. The first-order valence-corrected chi connectivity index (χ1v) is 11.0. The second-order valence-electron chi connectivity index (χ2n) is 7.85. The summed E-state index contributed by atoms with van der Waals surface area (Å²) in [6, 6.07) is 7.42. The predicted molar refractivity (Wildman–Crippen MR) is 106 cm³/mol. The van der Waals surface area contributed by atoms with E-state index in [4.69, 9.17) is 0 Å². The monoisotopic (exact) mass is 381 g/mol. The van der Waals surface area contributed by atoms with Gasteiger partial charge in [0.1, 0.15) is 6.54 Å². The van der Waals surface area contributed by atoms with Crippen LogP contribution in [0.1, 0.15) is 33.3 Å². The van der Waals surface area contributed by atoms with Crippen LogP contribution in [0.5, 0.6) is 0 Å². The van der Waals surface area contributed by atoms with Crippen LogP contribution in [0.15, 0.2) is 24.3 Å². The minimum absolute atomic E-state index is 0.144. The molecule has 0 atom stereocenters. The minimum atomic E-state index is -3.57. The largest absolute Gasteiger partial charge is 0.339 e. The van der Waals surface area contributed by atoms with E-state index >= 15 is 0 Å². The van der Waals surface area contributed by atoms with Gasteiger partial charge in [0.2, 0.25) is 15.9 Å².